The van der Waals surface area contributed by atoms with Gasteiger partial charge in [0.2, 0.25) is 0 Å². The van der Waals surface area contributed by atoms with Crippen molar-refractivity contribution in [1.82, 2.24) is 0 Å². The molecule has 64 valence electrons. The molecule has 0 radical (unpaired) electrons. The lowest BCUT2D eigenvalue weighted by Crippen LogP contribution is -1.99. The van der Waals surface area contributed by atoms with Gasteiger partial charge >= 0.3 is 0 Å². The van der Waals surface area contributed by atoms with Crippen LogP contribution in [0.4, 0.5) is 0 Å². The van der Waals surface area contributed by atoms with Crippen LogP contribution in [0.1, 0.15) is 45.4 Å². The molecule has 0 aromatic rings. The number of hydrogen-bond acceptors (Lipinski definition) is 1. The van der Waals surface area contributed by atoms with E-state index in [1.54, 1.807) is 6.42 Å². The predicted molar refractivity (Wildman–Crippen MR) is 52.0 cm³/mol. The molecule has 0 N–H and O–H groups in total. The molecule has 3 rings (SSSR count). The van der Waals surface area contributed by atoms with Gasteiger partial charge in [0.25, 0.3) is 0 Å². The molecule has 1 aliphatic heterocycles. The van der Waals surface area contributed by atoms with Crippen LogP contribution in [0.25, 0.3) is 0 Å². The molecule has 2 saturated carbocycles. The summed E-state index contributed by atoms with van der Waals surface area (Å²) in [4.78, 5) is 0. The second-order valence-corrected chi connectivity index (χ2v) is 5.68. The van der Waals surface area contributed by atoms with Crippen molar-refractivity contribution in [3.05, 3.63) is 0 Å². The Morgan fingerprint density at radius 3 is 1.64 bits per heavy atom. The van der Waals surface area contributed by atoms with Crippen molar-refractivity contribution < 1.29 is 0 Å². The molecule has 0 amide bonds. The second kappa shape index (κ2) is 3.38. The van der Waals surface area contributed by atoms with Crippen LogP contribution in [0, 0.1) is 5.92 Å². The Hall–Kier alpha value is 0.350. The zero-order valence-electron chi connectivity index (χ0n) is 7.38. The first-order valence-corrected chi connectivity index (χ1v) is 5.96. The maximum atomic E-state index is 2.36. The molecule has 0 bridgehead atoms. The van der Waals surface area contributed by atoms with Crippen molar-refractivity contribution in [2.24, 2.45) is 5.92 Å². The Labute approximate surface area is 74.1 Å². The average Bonchev–Trinajstić information content (AvgIpc) is 2.74. The van der Waals surface area contributed by atoms with E-state index in [0.29, 0.717) is 0 Å². The summed E-state index contributed by atoms with van der Waals surface area (Å²) in [7, 11) is 0. The quantitative estimate of drug-likeness (QED) is 0.502. The highest BCUT2D eigenvalue weighted by molar-refractivity contribution is 8.09. The lowest BCUT2D eigenvalue weighted by molar-refractivity contribution is 0.385. The molecule has 0 spiro atoms. The minimum absolute atomic E-state index is 1.04. The molecular formula is C10H18S. The molecule has 2 unspecified atom stereocenters. The topological polar surface area (TPSA) is 0 Å². The van der Waals surface area contributed by atoms with Crippen molar-refractivity contribution in [3.63, 3.8) is 0 Å². The van der Waals surface area contributed by atoms with Gasteiger partial charge in [0, 0.05) is 10.5 Å². The van der Waals surface area contributed by atoms with Crippen molar-refractivity contribution >= 4 is 11.8 Å². The number of fused-ring (bicyclic) bond motifs is 1. The monoisotopic (exact) mass is 170 g/mol. The summed E-state index contributed by atoms with van der Waals surface area (Å²) in [5, 5.41) is 2.33. The van der Waals surface area contributed by atoms with Gasteiger partial charge in [0.05, 0.1) is 0 Å². The molecule has 3 fully saturated rings. The van der Waals surface area contributed by atoms with Gasteiger partial charge in [0.15, 0.2) is 0 Å². The summed E-state index contributed by atoms with van der Waals surface area (Å²) in [6, 6.07) is 0. The Morgan fingerprint density at radius 1 is 1.00 bits per heavy atom. The van der Waals surface area contributed by atoms with E-state index in [9.17, 15) is 0 Å². The average molecular weight is 170 g/mol. The molecule has 1 saturated heterocycles. The van der Waals surface area contributed by atoms with E-state index in [1.165, 1.54) is 42.6 Å². The van der Waals surface area contributed by atoms with E-state index in [2.05, 4.69) is 18.7 Å². The molecule has 2 aliphatic carbocycles. The highest BCUT2D eigenvalue weighted by Gasteiger charge is 2.54. The molecule has 1 heterocycles. The van der Waals surface area contributed by atoms with Crippen LogP contribution >= 0.6 is 11.8 Å². The van der Waals surface area contributed by atoms with Gasteiger partial charge in [-0.3, -0.25) is 0 Å². The number of hydrogen-bond donors (Lipinski definition) is 0. The van der Waals surface area contributed by atoms with Crippen LogP contribution in [0.2, 0.25) is 0 Å². The van der Waals surface area contributed by atoms with Crippen LogP contribution in [0.3, 0.4) is 0 Å². The van der Waals surface area contributed by atoms with Crippen molar-refractivity contribution in [1.29, 1.82) is 0 Å². The third-order valence-corrected chi connectivity index (χ3v) is 4.27. The van der Waals surface area contributed by atoms with Crippen molar-refractivity contribution in [2.75, 3.05) is 0 Å². The van der Waals surface area contributed by atoms with E-state index < -0.39 is 0 Å². The van der Waals surface area contributed by atoms with E-state index in [-0.39, 0.29) is 0 Å². The molecule has 3 aliphatic rings. The zero-order valence-corrected chi connectivity index (χ0v) is 8.20. The summed E-state index contributed by atoms with van der Waals surface area (Å²) in [5.74, 6) is 1.04. The van der Waals surface area contributed by atoms with Crippen molar-refractivity contribution in [3.8, 4) is 0 Å². The molecule has 0 aromatic carbocycles. The first-order chi connectivity index (χ1) is 5.36. The second-order valence-electron chi connectivity index (χ2n) is 4.19. The van der Waals surface area contributed by atoms with E-state index in [1.807, 2.05) is 0 Å². The van der Waals surface area contributed by atoms with E-state index in [0.717, 1.165) is 5.92 Å². The molecule has 2 atom stereocenters. The van der Waals surface area contributed by atoms with Crippen LogP contribution in [0.5, 0.6) is 0 Å². The number of rotatable bonds is 0. The Morgan fingerprint density at radius 2 is 1.45 bits per heavy atom. The fourth-order valence-corrected chi connectivity index (χ4v) is 2.26. The highest BCUT2D eigenvalue weighted by atomic mass is 32.2. The molecule has 1 heteroatoms. The van der Waals surface area contributed by atoms with Gasteiger partial charge in [-0.05, 0) is 12.3 Å². The van der Waals surface area contributed by atoms with Gasteiger partial charge in [-0.2, -0.15) is 11.8 Å². The smallest absolute Gasteiger partial charge is 0.0181 e. The molecular weight excluding hydrogens is 152 g/mol. The van der Waals surface area contributed by atoms with E-state index >= 15 is 0 Å². The summed E-state index contributed by atoms with van der Waals surface area (Å²) >= 11 is 2.12. The first kappa shape index (κ1) is 7.97. The summed E-state index contributed by atoms with van der Waals surface area (Å²) in [5.41, 5.74) is 0. The van der Waals surface area contributed by atoms with Gasteiger partial charge in [-0.25, -0.2) is 0 Å². The standard InChI is InChI=1S/C7H14.C3H4S/c1-7-5-3-2-4-6-7;1-2-3(1)4-2/h7H,2-6H2,1H3;2-3H,1H2. The minimum Gasteiger partial charge on any atom is -0.153 e. The summed E-state index contributed by atoms with van der Waals surface area (Å²) < 4.78 is 0. The first-order valence-electron chi connectivity index (χ1n) is 5.02. The number of thioether (sulfide) groups is 1. The highest BCUT2D eigenvalue weighted by Crippen LogP contribution is 2.62. The fraction of sp³-hybridized carbons (Fsp3) is 1.00. The van der Waals surface area contributed by atoms with Gasteiger partial charge in [0.1, 0.15) is 0 Å². The summed E-state index contributed by atoms with van der Waals surface area (Å²) in [6.07, 6.45) is 8.98. The molecule has 11 heavy (non-hydrogen) atoms. The molecule has 0 nitrogen and oxygen atoms in total. The largest absolute Gasteiger partial charge is 0.153 e. The van der Waals surface area contributed by atoms with Gasteiger partial charge < -0.3 is 0 Å². The Bertz CT molecular complexity index is 115. The molecule has 0 aromatic heterocycles. The fourth-order valence-electron chi connectivity index (χ4n) is 1.63. The minimum atomic E-state index is 1.04. The normalized spacial score (nSPS) is 40.1. The van der Waals surface area contributed by atoms with Crippen molar-refractivity contribution in [2.45, 2.75) is 55.9 Å². The Balaban J connectivity index is 0.0000000986. The predicted octanol–water partition coefficient (Wildman–Crippen LogP) is 3.46. The van der Waals surface area contributed by atoms with Crippen LogP contribution < -0.4 is 0 Å². The third kappa shape index (κ3) is 2.70. The van der Waals surface area contributed by atoms with Gasteiger partial charge in [-0.15, -0.1) is 0 Å². The van der Waals surface area contributed by atoms with Gasteiger partial charge in [-0.1, -0.05) is 39.0 Å². The lowest BCUT2D eigenvalue weighted by atomic mass is 9.91. The van der Waals surface area contributed by atoms with Crippen LogP contribution in [0.15, 0.2) is 0 Å². The summed E-state index contributed by atoms with van der Waals surface area (Å²) in [6.45, 7) is 2.36. The SMILES string of the molecule is C1C2SC12.CC1CCCCC1. The zero-order chi connectivity index (χ0) is 7.68. The maximum absolute atomic E-state index is 2.36. The lowest BCUT2D eigenvalue weighted by Gasteiger charge is -2.15. The van der Waals surface area contributed by atoms with Crippen LogP contribution in [-0.2, 0) is 0 Å². The maximum Gasteiger partial charge on any atom is 0.0181 e. The van der Waals surface area contributed by atoms with Crippen LogP contribution in [-0.4, -0.2) is 10.5 Å². The third-order valence-electron chi connectivity index (χ3n) is 2.84. The Kier molecular flexibility index (Phi) is 2.45. The van der Waals surface area contributed by atoms with E-state index in [4.69, 9.17) is 0 Å².